The van der Waals surface area contributed by atoms with E-state index >= 15 is 0 Å². The Kier molecular flexibility index (Phi) is 15.2. The van der Waals surface area contributed by atoms with Gasteiger partial charge < -0.3 is 26.0 Å². The summed E-state index contributed by atoms with van der Waals surface area (Å²) in [5, 5.41) is 19.6. The summed E-state index contributed by atoms with van der Waals surface area (Å²) in [6, 6.07) is 3.28. The summed E-state index contributed by atoms with van der Waals surface area (Å²) in [4.78, 5) is 44.3. The second-order valence-electron chi connectivity index (χ2n) is 11.4. The predicted octanol–water partition coefficient (Wildman–Crippen LogP) is 2.93. The van der Waals surface area contributed by atoms with Crippen molar-refractivity contribution in [3.05, 3.63) is 65.0 Å². The molecule has 0 bridgehead atoms. The van der Waals surface area contributed by atoms with Gasteiger partial charge in [-0.15, -0.1) is 0 Å². The fourth-order valence-electron chi connectivity index (χ4n) is 4.62. The number of amides is 3. The Morgan fingerprint density at radius 3 is 2.07 bits per heavy atom. The van der Waals surface area contributed by atoms with Crippen LogP contribution in [0.25, 0.3) is 0 Å². The molecule has 0 spiro atoms. The van der Waals surface area contributed by atoms with E-state index < -0.39 is 35.7 Å². The summed E-state index contributed by atoms with van der Waals surface area (Å²) in [5.41, 5.74) is 1.53. The minimum absolute atomic E-state index is 0.00257. The van der Waals surface area contributed by atoms with Gasteiger partial charge in [0.25, 0.3) is 0 Å². The number of carbonyl (C=O) groups is 3. The number of rotatable bonds is 18. The van der Waals surface area contributed by atoms with Crippen molar-refractivity contribution >= 4 is 17.7 Å². The highest BCUT2D eigenvalue weighted by molar-refractivity contribution is 5.81. The highest BCUT2D eigenvalue weighted by Gasteiger charge is 2.24. The van der Waals surface area contributed by atoms with E-state index in [2.05, 4.69) is 20.9 Å². The van der Waals surface area contributed by atoms with Gasteiger partial charge in [0.05, 0.1) is 31.0 Å². The third-order valence-electron chi connectivity index (χ3n) is 6.81. The lowest BCUT2D eigenvalue weighted by Crippen LogP contribution is -2.52. The van der Waals surface area contributed by atoms with Crippen molar-refractivity contribution in [1.29, 1.82) is 0 Å². The van der Waals surface area contributed by atoms with E-state index in [1.54, 1.807) is 19.2 Å². The van der Waals surface area contributed by atoms with Crippen LogP contribution in [0.4, 0.5) is 8.78 Å². The van der Waals surface area contributed by atoms with E-state index in [9.17, 15) is 28.3 Å². The molecule has 0 radical (unpaired) electrons. The molecule has 4 N–H and O–H groups in total. The molecule has 0 saturated carbocycles. The Hall–Kier alpha value is -3.44. The minimum Gasteiger partial charge on any atom is -0.390 e. The maximum Gasteiger partial charge on any atom is 0.236 e. The fraction of sp³-hybridized carbons (Fsp3) is 0.562. The molecule has 3 atom stereocenters. The maximum absolute atomic E-state index is 13.9. The average molecular weight is 604 g/mol. The van der Waals surface area contributed by atoms with Crippen LogP contribution < -0.4 is 16.0 Å². The molecule has 0 aliphatic rings. The highest BCUT2D eigenvalue weighted by Crippen LogP contribution is 2.13. The number of benzene rings is 1. The molecule has 2 aromatic rings. The number of hydrogen-bond donors (Lipinski definition) is 4. The van der Waals surface area contributed by atoms with Gasteiger partial charge in [-0.05, 0) is 60.9 Å². The van der Waals surface area contributed by atoms with Gasteiger partial charge in [0.2, 0.25) is 17.7 Å². The van der Waals surface area contributed by atoms with E-state index in [1.165, 1.54) is 6.20 Å². The van der Waals surface area contributed by atoms with Gasteiger partial charge in [0.15, 0.2) is 0 Å². The number of nitrogens with one attached hydrogen (secondary N) is 3. The summed E-state index contributed by atoms with van der Waals surface area (Å²) in [5.74, 6) is -1.92. The molecular weight excluding hydrogens is 556 g/mol. The summed E-state index contributed by atoms with van der Waals surface area (Å²) in [6.45, 7) is 11.5. The zero-order chi connectivity index (χ0) is 31.9. The van der Waals surface area contributed by atoms with E-state index in [4.69, 9.17) is 0 Å². The van der Waals surface area contributed by atoms with Crippen molar-refractivity contribution < 1.29 is 28.3 Å². The number of aliphatic hydroxyl groups excluding tert-OH is 1. The van der Waals surface area contributed by atoms with Gasteiger partial charge in [-0.25, -0.2) is 8.78 Å². The van der Waals surface area contributed by atoms with E-state index in [0.29, 0.717) is 30.8 Å². The lowest BCUT2D eigenvalue weighted by Gasteiger charge is -2.26. The van der Waals surface area contributed by atoms with Crippen molar-refractivity contribution in [3.8, 4) is 0 Å². The summed E-state index contributed by atoms with van der Waals surface area (Å²) in [6.07, 6.45) is 3.72. The zero-order valence-corrected chi connectivity index (χ0v) is 26.0. The Labute approximate surface area is 253 Å². The minimum atomic E-state index is -1.18. The summed E-state index contributed by atoms with van der Waals surface area (Å²) < 4.78 is 27.8. The first-order valence-electron chi connectivity index (χ1n) is 15.1. The van der Waals surface area contributed by atoms with Gasteiger partial charge in [-0.2, -0.15) is 0 Å². The number of pyridine rings is 1. The molecule has 1 heterocycles. The molecule has 0 unspecified atom stereocenters. The second kappa shape index (κ2) is 18.3. The SMILES string of the molecule is CCCN(CCC)C(=O)Cc1cncc(CC(=O)N[C@@H](Cc2cc(F)cc(F)c2)[C@H](O)CN[C@@H](C)C(=O)NCC(C)C)c1. The summed E-state index contributed by atoms with van der Waals surface area (Å²) in [7, 11) is 0. The molecule has 11 heteroatoms. The standard InChI is InChI=1S/C32H47F2N5O4/c1-6-8-39(9-7-2)31(42)15-25-10-24(18-35-19-25)14-30(41)38-28(13-23-11-26(33)16-27(34)12-23)29(40)20-36-22(5)32(43)37-17-21(3)4/h10-12,16,18-19,21-22,28-29,36,40H,6-9,13-15,17,20H2,1-5H3,(H,37,43)(H,38,41)/t22-,28-,29+/m0/s1. The normalized spacial score (nSPS) is 13.3. The summed E-state index contributed by atoms with van der Waals surface area (Å²) >= 11 is 0. The number of carbonyl (C=O) groups excluding carboxylic acids is 3. The van der Waals surface area contributed by atoms with Crippen molar-refractivity contribution in [1.82, 2.24) is 25.8 Å². The van der Waals surface area contributed by atoms with Gasteiger partial charge in [0.1, 0.15) is 11.6 Å². The second-order valence-corrected chi connectivity index (χ2v) is 11.4. The molecule has 0 saturated heterocycles. The van der Waals surface area contributed by atoms with Gasteiger partial charge in [0, 0.05) is 44.6 Å². The number of aromatic nitrogens is 1. The Morgan fingerprint density at radius 1 is 0.884 bits per heavy atom. The lowest BCUT2D eigenvalue weighted by molar-refractivity contribution is -0.130. The van der Waals surface area contributed by atoms with Crippen molar-refractivity contribution in [2.75, 3.05) is 26.2 Å². The first kappa shape index (κ1) is 35.8. The molecule has 0 fully saturated rings. The number of aliphatic hydroxyl groups is 1. The number of nitrogens with zero attached hydrogens (tertiary/aromatic N) is 2. The van der Waals surface area contributed by atoms with Crippen LogP contribution in [0.2, 0.25) is 0 Å². The molecule has 3 amide bonds. The van der Waals surface area contributed by atoms with Crippen molar-refractivity contribution in [2.24, 2.45) is 5.92 Å². The molecule has 2 rings (SSSR count). The third-order valence-corrected chi connectivity index (χ3v) is 6.81. The fourth-order valence-corrected chi connectivity index (χ4v) is 4.62. The van der Waals surface area contributed by atoms with Crippen LogP contribution >= 0.6 is 0 Å². The third kappa shape index (κ3) is 13.2. The Morgan fingerprint density at radius 2 is 1.49 bits per heavy atom. The Bertz CT molecular complexity index is 1170. The van der Waals surface area contributed by atoms with Crippen LogP contribution in [0.5, 0.6) is 0 Å². The average Bonchev–Trinajstić information content (AvgIpc) is 2.93. The zero-order valence-electron chi connectivity index (χ0n) is 26.0. The first-order chi connectivity index (χ1) is 20.4. The molecular formula is C32H47F2N5O4. The maximum atomic E-state index is 13.9. The first-order valence-corrected chi connectivity index (χ1v) is 15.1. The monoisotopic (exact) mass is 603 g/mol. The van der Waals surface area contributed by atoms with Crippen LogP contribution in [0.15, 0.2) is 36.7 Å². The number of halogens is 2. The van der Waals surface area contributed by atoms with Gasteiger partial charge in [-0.1, -0.05) is 33.8 Å². The molecule has 43 heavy (non-hydrogen) atoms. The largest absolute Gasteiger partial charge is 0.390 e. The Balaban J connectivity index is 2.11. The van der Waals surface area contributed by atoms with Crippen LogP contribution in [0.3, 0.4) is 0 Å². The smallest absolute Gasteiger partial charge is 0.236 e. The topological polar surface area (TPSA) is 124 Å². The molecule has 1 aromatic heterocycles. The van der Waals surface area contributed by atoms with E-state index in [0.717, 1.165) is 31.0 Å². The molecule has 0 aliphatic carbocycles. The van der Waals surface area contributed by atoms with Crippen LogP contribution in [0, 0.1) is 17.6 Å². The van der Waals surface area contributed by atoms with Crippen molar-refractivity contribution in [2.45, 2.75) is 84.9 Å². The van der Waals surface area contributed by atoms with Crippen LogP contribution in [-0.2, 0) is 33.6 Å². The molecule has 0 aliphatic heterocycles. The quantitative estimate of drug-likeness (QED) is 0.208. The molecule has 9 nitrogen and oxygen atoms in total. The van der Waals surface area contributed by atoms with Gasteiger partial charge in [-0.3, -0.25) is 19.4 Å². The van der Waals surface area contributed by atoms with E-state index in [1.807, 2.05) is 32.6 Å². The predicted molar refractivity (Wildman–Crippen MR) is 162 cm³/mol. The van der Waals surface area contributed by atoms with Crippen molar-refractivity contribution in [3.63, 3.8) is 0 Å². The van der Waals surface area contributed by atoms with Gasteiger partial charge >= 0.3 is 0 Å². The molecule has 1 aromatic carbocycles. The lowest BCUT2D eigenvalue weighted by atomic mass is 9.99. The number of hydrogen-bond acceptors (Lipinski definition) is 6. The van der Waals surface area contributed by atoms with E-state index in [-0.39, 0.29) is 49.1 Å². The molecule has 238 valence electrons. The highest BCUT2D eigenvalue weighted by atomic mass is 19.1. The van der Waals surface area contributed by atoms with Crippen LogP contribution in [0.1, 0.15) is 64.2 Å². The van der Waals surface area contributed by atoms with Crippen LogP contribution in [-0.4, -0.2) is 77.1 Å².